The maximum atomic E-state index is 6.11. The number of benzene rings is 3. The summed E-state index contributed by atoms with van der Waals surface area (Å²) < 4.78 is 0. The van der Waals surface area contributed by atoms with E-state index in [1.54, 1.807) is 11.8 Å². The number of hydrogen-bond acceptors (Lipinski definition) is 3. The van der Waals surface area contributed by atoms with Crippen molar-refractivity contribution in [2.45, 2.75) is 23.8 Å². The molecule has 0 aliphatic carbocycles. The van der Waals surface area contributed by atoms with Crippen LogP contribution in [-0.2, 0) is 6.54 Å². The Kier molecular flexibility index (Phi) is 6.04. The van der Waals surface area contributed by atoms with Gasteiger partial charge in [0, 0.05) is 22.4 Å². The molecule has 0 amide bonds. The Bertz CT molecular complexity index is 937. The number of rotatable bonds is 5. The SMILES string of the molecule is CSc1ccc(C2=NN(Cc3ccccc3)CCC2c2ccc(Cl)cc2)cc1. The van der Waals surface area contributed by atoms with Gasteiger partial charge in [-0.2, -0.15) is 5.10 Å². The first kappa shape index (κ1) is 19.1. The van der Waals surface area contributed by atoms with E-state index in [1.165, 1.54) is 21.6 Å². The third kappa shape index (κ3) is 4.43. The van der Waals surface area contributed by atoms with Crippen molar-refractivity contribution in [1.29, 1.82) is 0 Å². The fraction of sp³-hybridized carbons (Fsp3) is 0.208. The molecule has 0 bridgehead atoms. The summed E-state index contributed by atoms with van der Waals surface area (Å²) >= 11 is 7.87. The Balaban J connectivity index is 1.68. The van der Waals surface area contributed by atoms with Gasteiger partial charge in [-0.3, -0.25) is 5.01 Å². The highest BCUT2D eigenvalue weighted by molar-refractivity contribution is 7.98. The molecule has 1 unspecified atom stereocenters. The lowest BCUT2D eigenvalue weighted by atomic mass is 9.86. The number of hydrazone groups is 1. The van der Waals surface area contributed by atoms with Crippen molar-refractivity contribution in [3.05, 3.63) is 101 Å². The molecule has 4 heteroatoms. The Morgan fingerprint density at radius 3 is 2.36 bits per heavy atom. The molecule has 3 aromatic rings. The Morgan fingerprint density at radius 1 is 0.964 bits per heavy atom. The molecule has 1 aliphatic rings. The zero-order valence-corrected chi connectivity index (χ0v) is 17.5. The molecule has 0 saturated heterocycles. The lowest BCUT2D eigenvalue weighted by molar-refractivity contribution is 0.258. The minimum absolute atomic E-state index is 0.282. The highest BCUT2D eigenvalue weighted by Gasteiger charge is 2.26. The van der Waals surface area contributed by atoms with Gasteiger partial charge in [0.1, 0.15) is 0 Å². The van der Waals surface area contributed by atoms with Gasteiger partial charge < -0.3 is 0 Å². The summed E-state index contributed by atoms with van der Waals surface area (Å²) in [5, 5.41) is 8.06. The number of thioether (sulfide) groups is 1. The fourth-order valence-corrected chi connectivity index (χ4v) is 4.17. The molecule has 142 valence electrons. The monoisotopic (exact) mass is 406 g/mol. The van der Waals surface area contributed by atoms with Crippen LogP contribution in [0.3, 0.4) is 0 Å². The summed E-state index contributed by atoms with van der Waals surface area (Å²) in [4.78, 5) is 1.27. The second-order valence-electron chi connectivity index (χ2n) is 6.98. The van der Waals surface area contributed by atoms with E-state index in [9.17, 15) is 0 Å². The lowest BCUT2D eigenvalue weighted by Crippen LogP contribution is -2.31. The van der Waals surface area contributed by atoms with Crippen LogP contribution in [0.5, 0.6) is 0 Å². The fourth-order valence-electron chi connectivity index (χ4n) is 3.64. The molecular formula is C24H23ClN2S. The average molecular weight is 407 g/mol. The minimum atomic E-state index is 0.282. The largest absolute Gasteiger partial charge is 0.292 e. The molecule has 0 aromatic heterocycles. The van der Waals surface area contributed by atoms with Crippen molar-refractivity contribution in [3.8, 4) is 0 Å². The molecular weight excluding hydrogens is 384 g/mol. The average Bonchev–Trinajstić information content (AvgIpc) is 2.75. The predicted molar refractivity (Wildman–Crippen MR) is 120 cm³/mol. The lowest BCUT2D eigenvalue weighted by Gasteiger charge is -2.31. The number of hydrogen-bond donors (Lipinski definition) is 0. The van der Waals surface area contributed by atoms with Gasteiger partial charge in [0.05, 0.1) is 12.3 Å². The quantitative estimate of drug-likeness (QED) is 0.452. The topological polar surface area (TPSA) is 15.6 Å². The third-order valence-corrected chi connectivity index (χ3v) is 6.12. The smallest absolute Gasteiger partial charge is 0.0753 e. The molecule has 0 N–H and O–H groups in total. The van der Waals surface area contributed by atoms with Crippen LogP contribution in [-0.4, -0.2) is 23.5 Å². The minimum Gasteiger partial charge on any atom is -0.292 e. The first-order valence-electron chi connectivity index (χ1n) is 9.50. The predicted octanol–water partition coefficient (Wildman–Crippen LogP) is 6.46. The van der Waals surface area contributed by atoms with Gasteiger partial charge in [0.15, 0.2) is 0 Å². The second kappa shape index (κ2) is 8.85. The van der Waals surface area contributed by atoms with Crippen molar-refractivity contribution >= 4 is 29.1 Å². The first-order chi connectivity index (χ1) is 13.7. The van der Waals surface area contributed by atoms with Crippen molar-refractivity contribution < 1.29 is 0 Å². The zero-order chi connectivity index (χ0) is 19.3. The summed E-state index contributed by atoms with van der Waals surface area (Å²) in [7, 11) is 0. The van der Waals surface area contributed by atoms with Gasteiger partial charge in [-0.1, -0.05) is 66.2 Å². The maximum absolute atomic E-state index is 6.11. The van der Waals surface area contributed by atoms with Gasteiger partial charge in [-0.25, -0.2) is 0 Å². The van der Waals surface area contributed by atoms with Crippen LogP contribution in [0.25, 0.3) is 0 Å². The summed E-state index contributed by atoms with van der Waals surface area (Å²) in [5.41, 5.74) is 4.89. The van der Waals surface area contributed by atoms with E-state index in [-0.39, 0.29) is 5.92 Å². The van der Waals surface area contributed by atoms with Crippen LogP contribution >= 0.6 is 23.4 Å². The summed E-state index contributed by atoms with van der Waals surface area (Å²) in [6.07, 6.45) is 3.14. The molecule has 3 aromatic carbocycles. The Morgan fingerprint density at radius 2 is 1.68 bits per heavy atom. The molecule has 0 fully saturated rings. The summed E-state index contributed by atoms with van der Waals surface area (Å²) in [5.74, 6) is 0.282. The Labute approximate surface area is 176 Å². The molecule has 28 heavy (non-hydrogen) atoms. The zero-order valence-electron chi connectivity index (χ0n) is 15.9. The van der Waals surface area contributed by atoms with Crippen molar-refractivity contribution in [2.24, 2.45) is 5.10 Å². The molecule has 1 atom stereocenters. The molecule has 0 radical (unpaired) electrons. The van der Waals surface area contributed by atoms with Crippen LogP contribution in [0.1, 0.15) is 29.0 Å². The highest BCUT2D eigenvalue weighted by atomic mass is 35.5. The van der Waals surface area contributed by atoms with Crippen LogP contribution in [0.4, 0.5) is 0 Å². The van der Waals surface area contributed by atoms with Crippen molar-refractivity contribution in [1.82, 2.24) is 5.01 Å². The van der Waals surface area contributed by atoms with Crippen molar-refractivity contribution in [2.75, 3.05) is 12.8 Å². The summed E-state index contributed by atoms with van der Waals surface area (Å²) in [6.45, 7) is 1.77. The van der Waals surface area contributed by atoms with Gasteiger partial charge in [-0.05, 0) is 53.6 Å². The molecule has 0 spiro atoms. The van der Waals surface area contributed by atoms with E-state index in [1.807, 2.05) is 12.1 Å². The van der Waals surface area contributed by atoms with Crippen LogP contribution in [0.2, 0.25) is 5.02 Å². The van der Waals surface area contributed by atoms with E-state index in [4.69, 9.17) is 16.7 Å². The molecule has 0 saturated carbocycles. The van der Waals surface area contributed by atoms with Crippen LogP contribution in [0, 0.1) is 0 Å². The highest BCUT2D eigenvalue weighted by Crippen LogP contribution is 2.31. The van der Waals surface area contributed by atoms with E-state index in [0.717, 1.165) is 30.2 Å². The number of nitrogens with zero attached hydrogens (tertiary/aromatic N) is 2. The standard InChI is InChI=1S/C24H23ClN2S/c1-28-22-13-9-20(10-14-22)24-23(19-7-11-21(25)12-8-19)15-16-27(26-24)17-18-5-3-2-4-6-18/h2-14,23H,15-17H2,1H3. The molecule has 2 nitrogen and oxygen atoms in total. The van der Waals surface area contributed by atoms with Gasteiger partial charge in [-0.15, -0.1) is 11.8 Å². The van der Waals surface area contributed by atoms with Crippen LogP contribution in [0.15, 0.2) is 88.9 Å². The van der Waals surface area contributed by atoms with Gasteiger partial charge in [0.25, 0.3) is 0 Å². The first-order valence-corrected chi connectivity index (χ1v) is 11.1. The number of halogens is 1. The normalized spacial score (nSPS) is 16.7. The second-order valence-corrected chi connectivity index (χ2v) is 8.30. The van der Waals surface area contributed by atoms with Crippen molar-refractivity contribution in [3.63, 3.8) is 0 Å². The van der Waals surface area contributed by atoms with Crippen LogP contribution < -0.4 is 0 Å². The van der Waals surface area contributed by atoms with Gasteiger partial charge in [0.2, 0.25) is 0 Å². The maximum Gasteiger partial charge on any atom is 0.0753 e. The Hall–Kier alpha value is -2.23. The van der Waals surface area contributed by atoms with E-state index in [2.05, 4.69) is 78.0 Å². The van der Waals surface area contributed by atoms with E-state index in [0.29, 0.717) is 0 Å². The van der Waals surface area contributed by atoms with E-state index < -0.39 is 0 Å². The molecule has 1 aliphatic heterocycles. The molecule has 4 rings (SSSR count). The molecule has 1 heterocycles. The summed E-state index contributed by atoms with van der Waals surface area (Å²) in [6, 6.07) is 27.5. The van der Waals surface area contributed by atoms with Gasteiger partial charge >= 0.3 is 0 Å². The van der Waals surface area contributed by atoms with E-state index >= 15 is 0 Å². The third-order valence-electron chi connectivity index (χ3n) is 5.12.